The first-order valence-corrected chi connectivity index (χ1v) is 12.1. The third-order valence-electron chi connectivity index (χ3n) is 7.07. The summed E-state index contributed by atoms with van der Waals surface area (Å²) in [6, 6.07) is 12.4. The standard InChI is InChI=1S/C26H34ClN3O2/c1-18-19(2)25(32-16-13-28-3)12-11-23(18)24-6-4-5-22-17-29(14-15-30(22)24)26(31)20-7-9-21(27)10-8-20/h7-12,22,24,28H,4-6,13-17H2,1-3H3/t22-,24?/m0/s1. The number of hydrogen-bond acceptors (Lipinski definition) is 4. The molecule has 0 bridgehead atoms. The van der Waals surface area contributed by atoms with Gasteiger partial charge in [0.25, 0.3) is 5.91 Å². The average molecular weight is 456 g/mol. The number of nitrogens with one attached hydrogen (secondary N) is 1. The van der Waals surface area contributed by atoms with Gasteiger partial charge in [0.05, 0.1) is 0 Å². The highest BCUT2D eigenvalue weighted by Crippen LogP contribution is 2.39. The van der Waals surface area contributed by atoms with Crippen molar-refractivity contribution in [2.24, 2.45) is 0 Å². The summed E-state index contributed by atoms with van der Waals surface area (Å²) in [5.74, 6) is 1.09. The summed E-state index contributed by atoms with van der Waals surface area (Å²) < 4.78 is 5.97. The molecule has 172 valence electrons. The van der Waals surface area contributed by atoms with Crippen molar-refractivity contribution in [3.05, 3.63) is 63.7 Å². The van der Waals surface area contributed by atoms with E-state index in [9.17, 15) is 4.79 Å². The first-order chi connectivity index (χ1) is 15.5. The maximum absolute atomic E-state index is 13.0. The fraction of sp³-hybridized carbons (Fsp3) is 0.500. The zero-order chi connectivity index (χ0) is 22.7. The zero-order valence-electron chi connectivity index (χ0n) is 19.4. The Hall–Kier alpha value is -2.08. The Morgan fingerprint density at radius 3 is 2.62 bits per heavy atom. The SMILES string of the molecule is CNCCOc1ccc(C2CCC[C@H]3CN(C(=O)c4ccc(Cl)cc4)CCN23)c(C)c1C. The van der Waals surface area contributed by atoms with E-state index in [0.29, 0.717) is 23.7 Å². The predicted molar refractivity (Wildman–Crippen MR) is 130 cm³/mol. The third kappa shape index (κ3) is 4.80. The van der Waals surface area contributed by atoms with Gasteiger partial charge in [0.15, 0.2) is 0 Å². The number of likely N-dealkylation sites (N-methyl/N-ethyl adjacent to an activating group) is 1. The van der Waals surface area contributed by atoms with Gasteiger partial charge in [-0.05, 0) is 87.2 Å². The van der Waals surface area contributed by atoms with E-state index in [1.165, 1.54) is 29.5 Å². The molecule has 1 N–H and O–H groups in total. The summed E-state index contributed by atoms with van der Waals surface area (Å²) >= 11 is 5.99. The van der Waals surface area contributed by atoms with E-state index in [1.807, 2.05) is 24.1 Å². The van der Waals surface area contributed by atoms with Crippen molar-refractivity contribution in [3.8, 4) is 5.75 Å². The molecule has 4 rings (SSSR count). The second kappa shape index (κ2) is 10.2. The molecule has 0 aromatic heterocycles. The predicted octanol–water partition coefficient (Wildman–Crippen LogP) is 4.61. The van der Waals surface area contributed by atoms with Crippen LogP contribution in [0.1, 0.15) is 52.4 Å². The summed E-state index contributed by atoms with van der Waals surface area (Å²) in [7, 11) is 1.94. The van der Waals surface area contributed by atoms with Gasteiger partial charge in [-0.1, -0.05) is 17.7 Å². The van der Waals surface area contributed by atoms with Crippen molar-refractivity contribution in [3.63, 3.8) is 0 Å². The Balaban J connectivity index is 1.47. The Morgan fingerprint density at radius 2 is 1.88 bits per heavy atom. The lowest BCUT2D eigenvalue weighted by Gasteiger charge is -2.48. The molecule has 2 aromatic rings. The van der Waals surface area contributed by atoms with E-state index in [4.69, 9.17) is 16.3 Å². The topological polar surface area (TPSA) is 44.8 Å². The zero-order valence-corrected chi connectivity index (χ0v) is 20.1. The van der Waals surface area contributed by atoms with Gasteiger partial charge in [0.1, 0.15) is 12.4 Å². The number of hydrogen-bond donors (Lipinski definition) is 1. The summed E-state index contributed by atoms with van der Waals surface area (Å²) in [5.41, 5.74) is 4.69. The molecular formula is C26H34ClN3O2. The van der Waals surface area contributed by atoms with Crippen molar-refractivity contribution >= 4 is 17.5 Å². The summed E-state index contributed by atoms with van der Waals surface area (Å²) in [4.78, 5) is 17.7. The summed E-state index contributed by atoms with van der Waals surface area (Å²) in [6.07, 6.45) is 3.50. The number of rotatable bonds is 6. The molecule has 2 aromatic carbocycles. The summed E-state index contributed by atoms with van der Waals surface area (Å²) in [6.45, 7) is 8.36. The van der Waals surface area contributed by atoms with Crippen molar-refractivity contribution < 1.29 is 9.53 Å². The molecule has 2 saturated heterocycles. The number of benzene rings is 2. The minimum Gasteiger partial charge on any atom is -0.492 e. The molecule has 0 aliphatic carbocycles. The van der Waals surface area contributed by atoms with Crippen LogP contribution < -0.4 is 10.1 Å². The maximum Gasteiger partial charge on any atom is 0.253 e. The molecule has 6 heteroatoms. The molecule has 1 unspecified atom stereocenters. The van der Waals surface area contributed by atoms with E-state index < -0.39 is 0 Å². The molecule has 0 saturated carbocycles. The van der Waals surface area contributed by atoms with E-state index in [0.717, 1.165) is 43.9 Å². The Bertz CT molecular complexity index is 947. The van der Waals surface area contributed by atoms with Crippen LogP contribution in [-0.2, 0) is 0 Å². The summed E-state index contributed by atoms with van der Waals surface area (Å²) in [5, 5.41) is 3.78. The largest absolute Gasteiger partial charge is 0.492 e. The van der Waals surface area contributed by atoms with Gasteiger partial charge in [0.2, 0.25) is 0 Å². The molecule has 2 heterocycles. The molecule has 2 atom stereocenters. The number of piperazine rings is 1. The lowest BCUT2D eigenvalue weighted by Crippen LogP contribution is -2.57. The number of nitrogens with zero attached hydrogens (tertiary/aromatic N) is 2. The van der Waals surface area contributed by atoms with Crippen LogP contribution in [0.4, 0.5) is 0 Å². The van der Waals surface area contributed by atoms with Gasteiger partial charge in [-0.25, -0.2) is 0 Å². The maximum atomic E-state index is 13.0. The van der Waals surface area contributed by atoms with E-state index in [2.05, 4.69) is 36.2 Å². The monoisotopic (exact) mass is 455 g/mol. The van der Waals surface area contributed by atoms with Gasteiger partial charge >= 0.3 is 0 Å². The molecule has 5 nitrogen and oxygen atoms in total. The van der Waals surface area contributed by atoms with Gasteiger partial charge < -0.3 is 15.0 Å². The highest BCUT2D eigenvalue weighted by Gasteiger charge is 2.37. The molecule has 32 heavy (non-hydrogen) atoms. The van der Waals surface area contributed by atoms with Crippen LogP contribution in [0.5, 0.6) is 5.75 Å². The Kier molecular flexibility index (Phi) is 7.39. The van der Waals surface area contributed by atoms with Crippen molar-refractivity contribution in [2.75, 3.05) is 39.8 Å². The van der Waals surface area contributed by atoms with Crippen LogP contribution in [0.3, 0.4) is 0 Å². The van der Waals surface area contributed by atoms with Gasteiger partial charge in [0, 0.05) is 48.8 Å². The number of carbonyl (C=O) groups is 1. The van der Waals surface area contributed by atoms with Gasteiger partial charge in [-0.15, -0.1) is 0 Å². The molecule has 0 radical (unpaired) electrons. The normalized spacial score (nSPS) is 21.3. The van der Waals surface area contributed by atoms with E-state index in [-0.39, 0.29) is 5.91 Å². The lowest BCUT2D eigenvalue weighted by atomic mass is 9.86. The number of fused-ring (bicyclic) bond motifs is 1. The molecule has 2 aliphatic heterocycles. The van der Waals surface area contributed by atoms with Crippen LogP contribution in [0.25, 0.3) is 0 Å². The van der Waals surface area contributed by atoms with Gasteiger partial charge in [-0.2, -0.15) is 0 Å². The number of ether oxygens (including phenoxy) is 1. The van der Waals surface area contributed by atoms with Crippen LogP contribution in [0, 0.1) is 13.8 Å². The second-order valence-corrected chi connectivity index (χ2v) is 9.39. The second-order valence-electron chi connectivity index (χ2n) is 8.95. The molecule has 1 amide bonds. The fourth-order valence-electron chi connectivity index (χ4n) is 5.14. The van der Waals surface area contributed by atoms with Crippen molar-refractivity contribution in [1.82, 2.24) is 15.1 Å². The smallest absolute Gasteiger partial charge is 0.253 e. The molecule has 0 spiro atoms. The number of amides is 1. The van der Waals surface area contributed by atoms with Gasteiger partial charge in [-0.3, -0.25) is 9.69 Å². The molecular weight excluding hydrogens is 422 g/mol. The van der Waals surface area contributed by atoms with Crippen LogP contribution in [0.15, 0.2) is 36.4 Å². The number of carbonyl (C=O) groups excluding carboxylic acids is 1. The van der Waals surface area contributed by atoms with Crippen LogP contribution in [-0.4, -0.2) is 61.6 Å². The first kappa shape index (κ1) is 23.1. The fourth-order valence-corrected chi connectivity index (χ4v) is 5.27. The minimum atomic E-state index is 0.110. The Labute approximate surface area is 196 Å². The first-order valence-electron chi connectivity index (χ1n) is 11.7. The Morgan fingerprint density at radius 1 is 1.09 bits per heavy atom. The van der Waals surface area contributed by atoms with Crippen molar-refractivity contribution in [2.45, 2.75) is 45.2 Å². The van der Waals surface area contributed by atoms with E-state index >= 15 is 0 Å². The minimum absolute atomic E-state index is 0.110. The molecule has 2 fully saturated rings. The number of piperidine rings is 1. The quantitative estimate of drug-likeness (QED) is 0.646. The van der Waals surface area contributed by atoms with E-state index in [1.54, 1.807) is 12.1 Å². The number of halogens is 1. The lowest BCUT2D eigenvalue weighted by molar-refractivity contribution is 0.0101. The highest BCUT2D eigenvalue weighted by molar-refractivity contribution is 6.30. The van der Waals surface area contributed by atoms with Crippen molar-refractivity contribution in [1.29, 1.82) is 0 Å². The highest BCUT2D eigenvalue weighted by atomic mass is 35.5. The molecule has 2 aliphatic rings. The van der Waals surface area contributed by atoms with Crippen LogP contribution >= 0.6 is 11.6 Å². The van der Waals surface area contributed by atoms with Crippen LogP contribution in [0.2, 0.25) is 5.02 Å². The average Bonchev–Trinajstić information content (AvgIpc) is 2.81. The third-order valence-corrected chi connectivity index (χ3v) is 7.32.